The minimum absolute atomic E-state index is 0.440. The van der Waals surface area contributed by atoms with E-state index in [2.05, 4.69) is 35.6 Å². The zero-order valence-corrected chi connectivity index (χ0v) is 14.8. The lowest BCUT2D eigenvalue weighted by Crippen LogP contribution is -2.28. The molecule has 0 aliphatic heterocycles. The minimum Gasteiger partial charge on any atom is -0.410 e. The van der Waals surface area contributed by atoms with Crippen LogP contribution in [0, 0.1) is 0 Å². The number of rotatable bonds is 5. The number of amides is 1. The lowest BCUT2D eigenvalue weighted by atomic mass is 10.1. The van der Waals surface area contributed by atoms with E-state index in [0.29, 0.717) is 12.3 Å². The van der Waals surface area contributed by atoms with Crippen molar-refractivity contribution in [2.24, 2.45) is 0 Å². The van der Waals surface area contributed by atoms with E-state index >= 15 is 0 Å². The smallest absolute Gasteiger partial charge is 0.410 e. The van der Waals surface area contributed by atoms with Crippen LogP contribution in [0.15, 0.2) is 91.3 Å². The Hall–Kier alpha value is -3.53. The van der Waals surface area contributed by atoms with Gasteiger partial charge in [-0.15, -0.1) is 0 Å². The van der Waals surface area contributed by atoms with Gasteiger partial charge >= 0.3 is 6.09 Å². The molecule has 0 saturated heterocycles. The van der Waals surface area contributed by atoms with E-state index < -0.39 is 6.09 Å². The Labute approximate surface area is 158 Å². The number of fused-ring (bicyclic) bond motifs is 1. The molecule has 4 nitrogen and oxygen atoms in total. The molecule has 0 bridgehead atoms. The van der Waals surface area contributed by atoms with E-state index in [0.717, 1.165) is 12.1 Å². The van der Waals surface area contributed by atoms with Gasteiger partial charge in [0.2, 0.25) is 0 Å². The molecule has 4 aromatic rings. The molecule has 1 amide bonds. The number of hydrogen-bond acceptors (Lipinski definition) is 2. The molecule has 0 saturated carbocycles. The van der Waals surface area contributed by atoms with E-state index in [9.17, 15) is 4.79 Å². The van der Waals surface area contributed by atoms with Gasteiger partial charge in [0.25, 0.3) is 0 Å². The maximum atomic E-state index is 12.0. The van der Waals surface area contributed by atoms with Crippen LogP contribution in [0.5, 0.6) is 5.75 Å². The summed E-state index contributed by atoms with van der Waals surface area (Å²) in [4.78, 5) is 12.0. The second-order valence-electron chi connectivity index (χ2n) is 6.33. The molecule has 4 rings (SSSR count). The topological polar surface area (TPSA) is 43.3 Å². The van der Waals surface area contributed by atoms with E-state index in [-0.39, 0.29) is 0 Å². The molecule has 4 heteroatoms. The lowest BCUT2D eigenvalue weighted by Gasteiger charge is -2.08. The van der Waals surface area contributed by atoms with Crippen LogP contribution in [-0.4, -0.2) is 17.2 Å². The molecule has 0 fully saturated rings. The van der Waals surface area contributed by atoms with Crippen molar-refractivity contribution >= 4 is 16.9 Å². The van der Waals surface area contributed by atoms with Crippen LogP contribution >= 0.6 is 0 Å². The Morgan fingerprint density at radius 3 is 2.37 bits per heavy atom. The number of ether oxygens (including phenoxy) is 1. The second kappa shape index (κ2) is 7.79. The van der Waals surface area contributed by atoms with Gasteiger partial charge in [0, 0.05) is 24.6 Å². The van der Waals surface area contributed by atoms with Crippen LogP contribution in [0.1, 0.15) is 5.56 Å². The third-order valence-corrected chi connectivity index (χ3v) is 4.45. The van der Waals surface area contributed by atoms with Crippen molar-refractivity contribution in [2.45, 2.75) is 6.42 Å². The highest BCUT2D eigenvalue weighted by atomic mass is 16.6. The fraction of sp³-hybridized carbons (Fsp3) is 0.0870. The zero-order chi connectivity index (χ0) is 18.5. The fourth-order valence-corrected chi connectivity index (χ4v) is 3.04. The highest BCUT2D eigenvalue weighted by Gasteiger charge is 2.05. The Balaban J connectivity index is 1.29. The monoisotopic (exact) mass is 356 g/mol. The average Bonchev–Trinajstić information content (AvgIpc) is 3.23. The first-order valence-electron chi connectivity index (χ1n) is 8.95. The largest absolute Gasteiger partial charge is 0.412 e. The SMILES string of the molecule is O=C(NCCc1ccc2ccccc2c1)Oc1ccc(-n2cccc2)cc1. The normalized spacial score (nSPS) is 10.7. The van der Waals surface area contributed by atoms with E-state index in [1.807, 2.05) is 53.4 Å². The van der Waals surface area contributed by atoms with Gasteiger partial charge in [-0.3, -0.25) is 0 Å². The molecule has 1 aromatic heterocycles. The fourth-order valence-electron chi connectivity index (χ4n) is 3.04. The Morgan fingerprint density at radius 2 is 1.59 bits per heavy atom. The first kappa shape index (κ1) is 16.9. The first-order chi connectivity index (χ1) is 13.3. The van der Waals surface area contributed by atoms with Crippen LogP contribution in [0.2, 0.25) is 0 Å². The maximum Gasteiger partial charge on any atom is 0.412 e. The van der Waals surface area contributed by atoms with Gasteiger partial charge in [-0.25, -0.2) is 4.79 Å². The Kier molecular flexibility index (Phi) is 4.88. The van der Waals surface area contributed by atoms with E-state index in [1.165, 1.54) is 16.3 Å². The Bertz CT molecular complexity index is 1040. The quantitative estimate of drug-likeness (QED) is 0.549. The van der Waals surface area contributed by atoms with Crippen LogP contribution in [0.4, 0.5) is 4.79 Å². The summed E-state index contributed by atoms with van der Waals surface area (Å²) in [6.45, 7) is 0.526. The molecule has 0 spiro atoms. The molecule has 134 valence electrons. The van der Waals surface area contributed by atoms with Gasteiger partial charge in [0.15, 0.2) is 0 Å². The minimum atomic E-state index is -0.440. The van der Waals surface area contributed by atoms with E-state index in [1.54, 1.807) is 12.1 Å². The van der Waals surface area contributed by atoms with Crippen LogP contribution < -0.4 is 10.1 Å². The summed E-state index contributed by atoms with van der Waals surface area (Å²) in [6.07, 6.45) is 4.25. The molecule has 0 radical (unpaired) electrons. The molecule has 0 unspecified atom stereocenters. The molecule has 3 aromatic carbocycles. The number of nitrogens with one attached hydrogen (secondary N) is 1. The summed E-state index contributed by atoms with van der Waals surface area (Å²) in [5, 5.41) is 5.23. The van der Waals surface area contributed by atoms with Gasteiger partial charge in [-0.2, -0.15) is 0 Å². The van der Waals surface area contributed by atoms with E-state index in [4.69, 9.17) is 4.74 Å². The number of carbonyl (C=O) groups is 1. The van der Waals surface area contributed by atoms with Crippen molar-refractivity contribution in [3.63, 3.8) is 0 Å². The predicted octanol–water partition coefficient (Wildman–Crippen LogP) is 4.96. The average molecular weight is 356 g/mol. The number of benzene rings is 3. The van der Waals surface area contributed by atoms with Gasteiger partial charge in [-0.05, 0) is 59.2 Å². The summed E-state index contributed by atoms with van der Waals surface area (Å²) < 4.78 is 7.33. The van der Waals surface area contributed by atoms with Gasteiger partial charge in [0.1, 0.15) is 5.75 Å². The van der Waals surface area contributed by atoms with Crippen molar-refractivity contribution in [3.05, 3.63) is 96.8 Å². The molecule has 0 aliphatic rings. The predicted molar refractivity (Wildman–Crippen MR) is 107 cm³/mol. The highest BCUT2D eigenvalue weighted by molar-refractivity contribution is 5.83. The number of hydrogen-bond donors (Lipinski definition) is 1. The first-order valence-corrected chi connectivity index (χ1v) is 8.95. The molecule has 0 atom stereocenters. The molecular formula is C23H20N2O2. The molecule has 1 N–H and O–H groups in total. The van der Waals surface area contributed by atoms with Gasteiger partial charge < -0.3 is 14.6 Å². The Morgan fingerprint density at radius 1 is 0.852 bits per heavy atom. The standard InChI is InChI=1S/C23H20N2O2/c26-23(27-22-11-9-21(10-12-22)25-15-3-4-16-25)24-14-13-18-7-8-19-5-1-2-6-20(19)17-18/h1-12,15-17H,13-14H2,(H,24,26). The molecular weight excluding hydrogens is 336 g/mol. The van der Waals surface area contributed by atoms with Gasteiger partial charge in [-0.1, -0.05) is 42.5 Å². The van der Waals surface area contributed by atoms with Crippen LogP contribution in [0.25, 0.3) is 16.5 Å². The highest BCUT2D eigenvalue weighted by Crippen LogP contribution is 2.17. The molecule has 1 heterocycles. The number of aromatic nitrogens is 1. The van der Waals surface area contributed by atoms with Gasteiger partial charge in [0.05, 0.1) is 0 Å². The third kappa shape index (κ3) is 4.18. The van der Waals surface area contributed by atoms with Crippen molar-refractivity contribution in [2.75, 3.05) is 6.54 Å². The van der Waals surface area contributed by atoms with Crippen molar-refractivity contribution < 1.29 is 9.53 Å². The van der Waals surface area contributed by atoms with Crippen molar-refractivity contribution in [3.8, 4) is 11.4 Å². The number of nitrogens with zero attached hydrogens (tertiary/aromatic N) is 1. The second-order valence-corrected chi connectivity index (χ2v) is 6.33. The third-order valence-electron chi connectivity index (χ3n) is 4.45. The summed E-state index contributed by atoms with van der Waals surface area (Å²) in [5.41, 5.74) is 2.20. The molecule has 27 heavy (non-hydrogen) atoms. The summed E-state index contributed by atoms with van der Waals surface area (Å²) in [5.74, 6) is 0.522. The summed E-state index contributed by atoms with van der Waals surface area (Å²) in [7, 11) is 0. The summed E-state index contributed by atoms with van der Waals surface area (Å²) >= 11 is 0. The summed E-state index contributed by atoms with van der Waals surface area (Å²) in [6, 6.07) is 25.9. The maximum absolute atomic E-state index is 12.0. The van der Waals surface area contributed by atoms with Crippen molar-refractivity contribution in [1.29, 1.82) is 0 Å². The zero-order valence-electron chi connectivity index (χ0n) is 14.8. The lowest BCUT2D eigenvalue weighted by molar-refractivity contribution is 0.200. The van der Waals surface area contributed by atoms with Crippen molar-refractivity contribution in [1.82, 2.24) is 9.88 Å². The van der Waals surface area contributed by atoms with Crippen LogP contribution in [-0.2, 0) is 6.42 Å². The number of carbonyl (C=O) groups excluding carboxylic acids is 1. The van der Waals surface area contributed by atoms with Crippen LogP contribution in [0.3, 0.4) is 0 Å². The molecule has 0 aliphatic carbocycles.